The van der Waals surface area contributed by atoms with Crippen molar-refractivity contribution in [3.8, 4) is 5.95 Å². The van der Waals surface area contributed by atoms with Crippen molar-refractivity contribution in [1.29, 1.82) is 0 Å². The molecule has 8 nitrogen and oxygen atoms in total. The number of nitrogen functional groups attached to an aromatic ring is 1. The summed E-state index contributed by atoms with van der Waals surface area (Å²) in [5.74, 6) is 1.66. The molecule has 1 aliphatic carbocycles. The van der Waals surface area contributed by atoms with Crippen LogP contribution in [-0.2, 0) is 0 Å². The molecule has 1 fully saturated rings. The van der Waals surface area contributed by atoms with Crippen molar-refractivity contribution in [3.05, 3.63) is 12.7 Å². The smallest absolute Gasteiger partial charge is 0.258 e. The van der Waals surface area contributed by atoms with E-state index >= 15 is 0 Å². The number of hydrogen-bond donors (Lipinski definition) is 2. The number of hydrogen-bond acceptors (Lipinski definition) is 7. The van der Waals surface area contributed by atoms with Gasteiger partial charge in [0.25, 0.3) is 5.95 Å². The van der Waals surface area contributed by atoms with Crippen LogP contribution in [-0.4, -0.2) is 35.8 Å². The Labute approximate surface area is 123 Å². The average Bonchev–Trinajstić information content (AvgIpc) is 2.92. The lowest BCUT2D eigenvalue weighted by Gasteiger charge is -2.22. The summed E-state index contributed by atoms with van der Waals surface area (Å²) in [6, 6.07) is 0.373. The minimum absolute atomic E-state index is 0.180. The summed E-state index contributed by atoms with van der Waals surface area (Å²) in [6.45, 7) is 2.27. The van der Waals surface area contributed by atoms with Crippen molar-refractivity contribution in [2.45, 2.75) is 45.1 Å². The lowest BCUT2D eigenvalue weighted by molar-refractivity contribution is 0.454. The summed E-state index contributed by atoms with van der Waals surface area (Å²) in [5.41, 5.74) is 5.77. The molecule has 3 N–H and O–H groups in total. The zero-order chi connectivity index (χ0) is 14.7. The normalized spacial score (nSPS) is 22.7. The molecule has 2 aromatic heterocycles. The Balaban J connectivity index is 1.81. The van der Waals surface area contributed by atoms with Gasteiger partial charge >= 0.3 is 0 Å². The largest absolute Gasteiger partial charge is 0.368 e. The third-order valence-corrected chi connectivity index (χ3v) is 3.94. The topological polar surface area (TPSA) is 107 Å². The van der Waals surface area contributed by atoms with Crippen LogP contribution in [0.3, 0.4) is 0 Å². The van der Waals surface area contributed by atoms with Gasteiger partial charge in [0.15, 0.2) is 0 Å². The fourth-order valence-corrected chi connectivity index (χ4v) is 2.73. The summed E-state index contributed by atoms with van der Waals surface area (Å²) >= 11 is 0. The van der Waals surface area contributed by atoms with Crippen molar-refractivity contribution in [2.24, 2.45) is 5.92 Å². The van der Waals surface area contributed by atoms with Gasteiger partial charge in [-0.1, -0.05) is 26.2 Å². The molecule has 0 aromatic carbocycles. The van der Waals surface area contributed by atoms with Crippen LogP contribution in [0.25, 0.3) is 5.95 Å². The molecule has 1 saturated carbocycles. The molecule has 0 saturated heterocycles. The molecule has 0 spiro atoms. The highest BCUT2D eigenvalue weighted by molar-refractivity contribution is 5.35. The maximum absolute atomic E-state index is 5.77. The third kappa shape index (κ3) is 3.26. The SMILES string of the molecule is CC1CCCCCC1Nc1nc(N)nc(-n2cncn2)n1. The molecule has 0 bridgehead atoms. The van der Waals surface area contributed by atoms with Crippen molar-refractivity contribution >= 4 is 11.9 Å². The summed E-state index contributed by atoms with van der Waals surface area (Å²) in [7, 11) is 0. The summed E-state index contributed by atoms with van der Waals surface area (Å²) < 4.78 is 1.47. The second-order valence-electron chi connectivity index (χ2n) is 5.52. The van der Waals surface area contributed by atoms with E-state index in [2.05, 4.69) is 37.3 Å². The number of rotatable bonds is 3. The number of nitrogens with zero attached hydrogens (tertiary/aromatic N) is 6. The Kier molecular flexibility index (Phi) is 3.94. The van der Waals surface area contributed by atoms with Crippen LogP contribution >= 0.6 is 0 Å². The molecule has 2 aromatic rings. The van der Waals surface area contributed by atoms with Crippen LogP contribution in [0.5, 0.6) is 0 Å². The van der Waals surface area contributed by atoms with Gasteiger partial charge < -0.3 is 11.1 Å². The molecule has 0 aliphatic heterocycles. The molecule has 3 rings (SSSR count). The van der Waals surface area contributed by atoms with Gasteiger partial charge in [-0.15, -0.1) is 0 Å². The zero-order valence-corrected chi connectivity index (χ0v) is 12.1. The van der Waals surface area contributed by atoms with Crippen LogP contribution in [0.4, 0.5) is 11.9 Å². The van der Waals surface area contributed by atoms with Gasteiger partial charge in [-0.2, -0.15) is 24.7 Å². The first-order valence-corrected chi connectivity index (χ1v) is 7.35. The second-order valence-corrected chi connectivity index (χ2v) is 5.52. The molecule has 112 valence electrons. The zero-order valence-electron chi connectivity index (χ0n) is 12.1. The van der Waals surface area contributed by atoms with E-state index in [9.17, 15) is 0 Å². The van der Waals surface area contributed by atoms with Crippen LogP contribution in [0, 0.1) is 5.92 Å². The van der Waals surface area contributed by atoms with Gasteiger partial charge in [-0.05, 0) is 18.8 Å². The summed E-state index contributed by atoms with van der Waals surface area (Å²) in [6.07, 6.45) is 9.15. The highest BCUT2D eigenvalue weighted by atomic mass is 15.4. The van der Waals surface area contributed by atoms with Crippen molar-refractivity contribution < 1.29 is 0 Å². The number of nitrogens with one attached hydrogen (secondary N) is 1. The molecular formula is C13H20N8. The number of aromatic nitrogens is 6. The van der Waals surface area contributed by atoms with E-state index in [1.165, 1.54) is 43.0 Å². The van der Waals surface area contributed by atoms with Crippen molar-refractivity contribution in [3.63, 3.8) is 0 Å². The minimum atomic E-state index is 0.180. The van der Waals surface area contributed by atoms with E-state index in [-0.39, 0.29) is 5.95 Å². The molecule has 2 heterocycles. The quantitative estimate of drug-likeness (QED) is 0.822. The fourth-order valence-electron chi connectivity index (χ4n) is 2.73. The Morgan fingerprint density at radius 2 is 2.05 bits per heavy atom. The highest BCUT2D eigenvalue weighted by Gasteiger charge is 2.21. The van der Waals surface area contributed by atoms with E-state index in [1.807, 2.05) is 0 Å². The molecule has 0 amide bonds. The fraction of sp³-hybridized carbons (Fsp3) is 0.615. The number of nitrogens with two attached hydrogens (primary N) is 1. The molecule has 21 heavy (non-hydrogen) atoms. The predicted octanol–water partition coefficient (Wildman–Crippen LogP) is 1.42. The molecule has 8 heteroatoms. The van der Waals surface area contributed by atoms with Crippen molar-refractivity contribution in [2.75, 3.05) is 11.1 Å². The van der Waals surface area contributed by atoms with Crippen LogP contribution in [0.1, 0.15) is 39.0 Å². The van der Waals surface area contributed by atoms with E-state index < -0.39 is 0 Å². The highest BCUT2D eigenvalue weighted by Crippen LogP contribution is 2.25. The maximum atomic E-state index is 5.77. The van der Waals surface area contributed by atoms with Gasteiger partial charge in [-0.25, -0.2) is 4.98 Å². The van der Waals surface area contributed by atoms with Crippen LogP contribution < -0.4 is 11.1 Å². The van der Waals surface area contributed by atoms with Gasteiger partial charge in [0, 0.05) is 6.04 Å². The van der Waals surface area contributed by atoms with E-state index in [0.717, 1.165) is 6.42 Å². The third-order valence-electron chi connectivity index (χ3n) is 3.94. The Morgan fingerprint density at radius 3 is 2.86 bits per heavy atom. The first-order valence-electron chi connectivity index (χ1n) is 7.35. The molecule has 2 atom stereocenters. The van der Waals surface area contributed by atoms with Crippen LogP contribution in [0.2, 0.25) is 0 Å². The predicted molar refractivity (Wildman–Crippen MR) is 78.8 cm³/mol. The molecule has 2 unspecified atom stereocenters. The average molecular weight is 288 g/mol. The van der Waals surface area contributed by atoms with Gasteiger partial charge in [0.2, 0.25) is 11.9 Å². The Hall–Kier alpha value is -2.25. The monoisotopic (exact) mass is 288 g/mol. The van der Waals surface area contributed by atoms with Gasteiger partial charge in [-0.3, -0.25) is 0 Å². The molecule has 1 aliphatic rings. The Morgan fingerprint density at radius 1 is 1.19 bits per heavy atom. The summed E-state index contributed by atoms with van der Waals surface area (Å²) in [4.78, 5) is 16.5. The maximum Gasteiger partial charge on any atom is 0.258 e. The van der Waals surface area contributed by atoms with Crippen molar-refractivity contribution in [1.82, 2.24) is 29.7 Å². The summed E-state index contributed by atoms with van der Waals surface area (Å²) in [5, 5.41) is 7.42. The van der Waals surface area contributed by atoms with Crippen LogP contribution in [0.15, 0.2) is 12.7 Å². The standard InChI is InChI=1S/C13H20N8/c1-9-5-3-2-4-6-10(9)17-12-18-11(14)19-13(20-12)21-8-15-7-16-21/h7-10H,2-6H2,1H3,(H3,14,17,18,19,20). The minimum Gasteiger partial charge on any atom is -0.368 e. The van der Waals surface area contributed by atoms with Gasteiger partial charge in [0.05, 0.1) is 0 Å². The van der Waals surface area contributed by atoms with Gasteiger partial charge in [0.1, 0.15) is 12.7 Å². The molecular weight excluding hydrogens is 268 g/mol. The van der Waals surface area contributed by atoms with E-state index in [0.29, 0.717) is 23.9 Å². The Bertz CT molecular complexity index is 582. The lowest BCUT2D eigenvalue weighted by atomic mass is 9.97. The second kappa shape index (κ2) is 6.02. The van der Waals surface area contributed by atoms with E-state index in [1.54, 1.807) is 0 Å². The first kappa shape index (κ1) is 13.7. The molecule has 0 radical (unpaired) electrons. The lowest BCUT2D eigenvalue weighted by Crippen LogP contribution is -2.28. The number of anilines is 2. The van der Waals surface area contributed by atoms with E-state index in [4.69, 9.17) is 5.73 Å². The first-order chi connectivity index (χ1) is 10.2.